The summed E-state index contributed by atoms with van der Waals surface area (Å²) in [6.07, 6.45) is 0.397. The fourth-order valence-corrected chi connectivity index (χ4v) is 5.30. The van der Waals surface area contributed by atoms with E-state index in [-0.39, 0.29) is 0 Å². The molecule has 0 heterocycles. The minimum Gasteiger partial charge on any atom is -0.467 e. The molecule has 10 nitrogen and oxygen atoms in total. The van der Waals surface area contributed by atoms with Gasteiger partial charge in [-0.15, -0.1) is 0 Å². The molecule has 0 saturated heterocycles. The molecule has 0 bridgehead atoms. The SMILES string of the molecule is COC(=O)C(NC(C)=O)c1ccc(N(c2ccc(N[C@@H](Cc3ccccc3)C(=O)OC)c3ccccc23)S(=O)O)cc1. The Balaban J connectivity index is 1.71. The maximum Gasteiger partial charge on any atom is 0.333 e. The van der Waals surface area contributed by atoms with E-state index in [4.69, 9.17) is 9.47 Å². The molecule has 4 rings (SSSR count). The number of benzene rings is 4. The lowest BCUT2D eigenvalue weighted by Gasteiger charge is -2.25. The number of esters is 2. The average Bonchev–Trinajstić information content (AvgIpc) is 3.00. The molecule has 4 aromatic rings. The lowest BCUT2D eigenvalue weighted by atomic mass is 10.0. The molecule has 0 aromatic heterocycles. The standard InChI is InChI=1S/C31H31N3O7S/c1-20(35)32-29(31(37)41-3)22-13-15-23(16-14-22)34(42(38)39)28-18-17-26(24-11-7-8-12-25(24)28)33-27(30(36)40-2)19-21-9-5-4-6-10-21/h4-18,27,29,33H,19H2,1-3H3,(H,32,35)(H,38,39)/t27-,29?/m0/s1. The number of hydrogen-bond donors (Lipinski definition) is 3. The first kappa shape index (κ1) is 30.2. The molecule has 42 heavy (non-hydrogen) atoms. The Morgan fingerprint density at radius 1 is 0.833 bits per heavy atom. The van der Waals surface area contributed by atoms with Gasteiger partial charge in [0.1, 0.15) is 6.04 Å². The fourth-order valence-electron chi connectivity index (χ4n) is 4.67. The van der Waals surface area contributed by atoms with Gasteiger partial charge in [0.05, 0.1) is 25.6 Å². The van der Waals surface area contributed by atoms with E-state index in [2.05, 4.69) is 10.6 Å². The van der Waals surface area contributed by atoms with Crippen molar-refractivity contribution in [2.24, 2.45) is 0 Å². The molecule has 3 atom stereocenters. The van der Waals surface area contributed by atoms with Crippen LogP contribution >= 0.6 is 0 Å². The van der Waals surface area contributed by atoms with Gasteiger partial charge in [-0.25, -0.2) is 18.1 Å². The Kier molecular flexibility index (Phi) is 9.89. The van der Waals surface area contributed by atoms with Gasteiger partial charge in [-0.2, -0.15) is 0 Å². The highest BCUT2D eigenvalue weighted by molar-refractivity contribution is 7.81. The van der Waals surface area contributed by atoms with Crippen LogP contribution in [0, 0.1) is 0 Å². The number of methoxy groups -OCH3 is 2. The summed E-state index contributed by atoms with van der Waals surface area (Å²) in [4.78, 5) is 36.6. The van der Waals surface area contributed by atoms with Crippen LogP contribution in [0.5, 0.6) is 0 Å². The second-order valence-corrected chi connectivity index (χ2v) is 10.2. The van der Waals surface area contributed by atoms with Gasteiger partial charge < -0.3 is 20.1 Å². The van der Waals surface area contributed by atoms with Crippen LogP contribution in [-0.2, 0) is 41.5 Å². The van der Waals surface area contributed by atoms with Crippen LogP contribution < -0.4 is 14.9 Å². The molecule has 0 saturated carbocycles. The van der Waals surface area contributed by atoms with Crippen molar-refractivity contribution in [1.29, 1.82) is 0 Å². The maximum absolute atomic E-state index is 12.7. The third-order valence-electron chi connectivity index (χ3n) is 6.62. The molecule has 0 aliphatic carbocycles. The monoisotopic (exact) mass is 589 g/mol. The predicted octanol–water partition coefficient (Wildman–Crippen LogP) is 4.66. The molecule has 0 fully saturated rings. The van der Waals surface area contributed by atoms with E-state index in [1.165, 1.54) is 25.4 Å². The zero-order valence-electron chi connectivity index (χ0n) is 23.3. The minimum absolute atomic E-state index is 0.369. The normalized spacial score (nSPS) is 13.0. The van der Waals surface area contributed by atoms with Gasteiger partial charge in [-0.1, -0.05) is 66.7 Å². The molecule has 1 amide bonds. The van der Waals surface area contributed by atoms with E-state index >= 15 is 0 Å². The summed E-state index contributed by atoms with van der Waals surface area (Å²) >= 11 is -2.47. The number of rotatable bonds is 11. The van der Waals surface area contributed by atoms with E-state index in [9.17, 15) is 23.1 Å². The molecular weight excluding hydrogens is 558 g/mol. The van der Waals surface area contributed by atoms with Gasteiger partial charge in [-0.05, 0) is 35.4 Å². The van der Waals surface area contributed by atoms with Crippen LogP contribution in [0.4, 0.5) is 17.1 Å². The highest BCUT2D eigenvalue weighted by atomic mass is 32.2. The third kappa shape index (κ3) is 6.93. The number of ether oxygens (including phenoxy) is 2. The van der Waals surface area contributed by atoms with E-state index in [1.54, 1.807) is 36.4 Å². The number of nitrogens with one attached hydrogen (secondary N) is 2. The summed E-state index contributed by atoms with van der Waals surface area (Å²) in [7, 11) is 2.56. The number of hydrogen-bond acceptors (Lipinski definition) is 7. The van der Waals surface area contributed by atoms with Gasteiger partial charge in [-0.3, -0.25) is 9.35 Å². The molecule has 3 N–H and O–H groups in total. The third-order valence-corrected chi connectivity index (χ3v) is 7.34. The molecular formula is C31H31N3O7S. The van der Waals surface area contributed by atoms with Crippen molar-refractivity contribution in [1.82, 2.24) is 5.32 Å². The number of nitrogens with zero attached hydrogens (tertiary/aromatic N) is 1. The zero-order valence-corrected chi connectivity index (χ0v) is 24.1. The van der Waals surface area contributed by atoms with Crippen molar-refractivity contribution in [3.05, 3.63) is 102 Å². The number of amides is 1. The molecule has 4 aromatic carbocycles. The van der Waals surface area contributed by atoms with Crippen LogP contribution in [0.3, 0.4) is 0 Å². The van der Waals surface area contributed by atoms with Crippen molar-refractivity contribution in [3.8, 4) is 0 Å². The Labute approximate surface area is 246 Å². The van der Waals surface area contributed by atoms with E-state index in [0.717, 1.165) is 10.9 Å². The first-order valence-electron chi connectivity index (χ1n) is 13.0. The minimum atomic E-state index is -2.47. The molecule has 0 aliphatic rings. The van der Waals surface area contributed by atoms with Crippen LogP contribution in [0.15, 0.2) is 91.0 Å². The summed E-state index contributed by atoms with van der Waals surface area (Å²) in [5.41, 5.74) is 2.86. The first-order chi connectivity index (χ1) is 20.2. The van der Waals surface area contributed by atoms with Crippen molar-refractivity contribution in [3.63, 3.8) is 0 Å². The largest absolute Gasteiger partial charge is 0.467 e. The van der Waals surface area contributed by atoms with Crippen molar-refractivity contribution < 1.29 is 32.6 Å². The fraction of sp³-hybridized carbons (Fsp3) is 0.194. The lowest BCUT2D eigenvalue weighted by molar-refractivity contribution is -0.145. The van der Waals surface area contributed by atoms with E-state index < -0.39 is 41.2 Å². The summed E-state index contributed by atoms with van der Waals surface area (Å²) in [6, 6.07) is 25.0. The first-order valence-corrected chi connectivity index (χ1v) is 14.1. The van der Waals surface area contributed by atoms with Gasteiger partial charge in [0.25, 0.3) is 11.3 Å². The van der Waals surface area contributed by atoms with Gasteiger partial charge in [0.2, 0.25) is 5.91 Å². The van der Waals surface area contributed by atoms with Crippen molar-refractivity contribution in [2.45, 2.75) is 25.4 Å². The van der Waals surface area contributed by atoms with Crippen LogP contribution in [-0.4, -0.2) is 46.9 Å². The molecule has 2 unspecified atom stereocenters. The highest BCUT2D eigenvalue weighted by Gasteiger charge is 2.25. The van der Waals surface area contributed by atoms with Gasteiger partial charge in [0, 0.05) is 29.8 Å². The Morgan fingerprint density at radius 2 is 1.45 bits per heavy atom. The van der Waals surface area contributed by atoms with Crippen LogP contribution in [0.2, 0.25) is 0 Å². The molecule has 218 valence electrons. The van der Waals surface area contributed by atoms with Crippen molar-refractivity contribution >= 4 is 56.9 Å². The number of anilines is 3. The van der Waals surface area contributed by atoms with Crippen LogP contribution in [0.1, 0.15) is 24.1 Å². The smallest absolute Gasteiger partial charge is 0.333 e. The molecule has 0 aliphatic heterocycles. The average molecular weight is 590 g/mol. The summed E-state index contributed by atoms with van der Waals surface area (Å²) in [5, 5.41) is 7.22. The van der Waals surface area contributed by atoms with E-state index in [1.807, 2.05) is 54.6 Å². The summed E-state index contributed by atoms with van der Waals surface area (Å²) < 4.78 is 34.2. The summed E-state index contributed by atoms with van der Waals surface area (Å²) in [5.74, 6) is -1.48. The van der Waals surface area contributed by atoms with Crippen molar-refractivity contribution in [2.75, 3.05) is 23.8 Å². The second-order valence-electron chi connectivity index (χ2n) is 9.36. The quantitative estimate of drug-likeness (QED) is 0.170. The Hall–Kier alpha value is -4.74. The molecule has 0 spiro atoms. The zero-order chi connectivity index (χ0) is 30.2. The number of fused-ring (bicyclic) bond motifs is 1. The van der Waals surface area contributed by atoms with Gasteiger partial charge >= 0.3 is 11.9 Å². The predicted molar refractivity (Wildman–Crippen MR) is 161 cm³/mol. The maximum atomic E-state index is 12.7. The summed E-state index contributed by atoms with van der Waals surface area (Å²) in [6.45, 7) is 1.29. The number of carbonyl (C=O) groups excluding carboxylic acids is 3. The Morgan fingerprint density at radius 3 is 2.05 bits per heavy atom. The highest BCUT2D eigenvalue weighted by Crippen LogP contribution is 2.37. The molecule has 11 heteroatoms. The molecule has 0 radical (unpaired) electrons. The van der Waals surface area contributed by atoms with E-state index in [0.29, 0.717) is 34.4 Å². The second kappa shape index (κ2) is 13.7. The van der Waals surface area contributed by atoms with Gasteiger partial charge in [0.15, 0.2) is 6.04 Å². The number of carbonyl (C=O) groups is 3. The lowest BCUT2D eigenvalue weighted by Crippen LogP contribution is -2.33. The topological polar surface area (TPSA) is 134 Å². The Bertz CT molecular complexity index is 1600. The van der Waals surface area contributed by atoms with Crippen LogP contribution in [0.25, 0.3) is 10.8 Å².